The molecule has 0 bridgehead atoms. The first kappa shape index (κ1) is 15.0. The topological polar surface area (TPSA) is 29.1 Å². The normalized spacial score (nSPS) is 12.0. The monoisotopic (exact) mass is 355 g/mol. The van der Waals surface area contributed by atoms with E-state index in [0.29, 0.717) is 9.50 Å². The molecule has 0 radical (unpaired) electrons. The lowest BCUT2D eigenvalue weighted by atomic mass is 10.1. The van der Waals surface area contributed by atoms with Crippen LogP contribution in [0.15, 0.2) is 46.9 Å². The van der Waals surface area contributed by atoms with E-state index in [4.69, 9.17) is 11.6 Å². The highest BCUT2D eigenvalue weighted by molar-refractivity contribution is 9.10. The third-order valence-corrected chi connectivity index (χ3v) is 3.83. The quantitative estimate of drug-likeness (QED) is 0.846. The molecule has 2 aromatic rings. The standard InChI is InChI=1S/C15H12BrClFNO/c1-9(10-2-4-11(17)5-3-10)19-15(20)13-8-12(18)6-7-14(13)16/h2-9H,1H3,(H,19,20). The van der Waals surface area contributed by atoms with Crippen molar-refractivity contribution in [2.75, 3.05) is 0 Å². The third kappa shape index (κ3) is 3.58. The molecule has 0 aliphatic carbocycles. The Bertz CT molecular complexity index is 630. The molecule has 104 valence electrons. The maximum Gasteiger partial charge on any atom is 0.253 e. The van der Waals surface area contributed by atoms with Gasteiger partial charge in [-0.2, -0.15) is 0 Å². The summed E-state index contributed by atoms with van der Waals surface area (Å²) in [6, 6.07) is 11.0. The Balaban J connectivity index is 2.15. The summed E-state index contributed by atoms with van der Waals surface area (Å²) >= 11 is 9.06. The number of halogens is 3. The van der Waals surface area contributed by atoms with E-state index in [1.165, 1.54) is 18.2 Å². The molecule has 0 saturated carbocycles. The summed E-state index contributed by atoms with van der Waals surface area (Å²) in [7, 11) is 0. The van der Waals surface area contributed by atoms with Crippen LogP contribution < -0.4 is 5.32 Å². The van der Waals surface area contributed by atoms with E-state index < -0.39 is 5.82 Å². The van der Waals surface area contributed by atoms with Gasteiger partial charge in [0.25, 0.3) is 5.91 Å². The summed E-state index contributed by atoms with van der Waals surface area (Å²) in [6.07, 6.45) is 0. The van der Waals surface area contributed by atoms with Crippen LogP contribution in [0.2, 0.25) is 5.02 Å². The van der Waals surface area contributed by atoms with E-state index in [0.717, 1.165) is 5.56 Å². The van der Waals surface area contributed by atoms with E-state index in [9.17, 15) is 9.18 Å². The van der Waals surface area contributed by atoms with Gasteiger partial charge in [0, 0.05) is 9.50 Å². The fourth-order valence-corrected chi connectivity index (χ4v) is 2.33. The molecule has 0 aliphatic rings. The summed E-state index contributed by atoms with van der Waals surface area (Å²) < 4.78 is 13.8. The van der Waals surface area contributed by atoms with Gasteiger partial charge in [0.2, 0.25) is 0 Å². The van der Waals surface area contributed by atoms with Crippen LogP contribution in [-0.4, -0.2) is 5.91 Å². The maximum atomic E-state index is 13.2. The van der Waals surface area contributed by atoms with Crippen molar-refractivity contribution in [3.63, 3.8) is 0 Å². The molecule has 5 heteroatoms. The zero-order valence-electron chi connectivity index (χ0n) is 10.7. The van der Waals surface area contributed by atoms with Crippen LogP contribution in [0.3, 0.4) is 0 Å². The molecule has 1 atom stereocenters. The minimum Gasteiger partial charge on any atom is -0.345 e. The predicted octanol–water partition coefficient (Wildman–Crippen LogP) is 4.73. The Labute approximate surface area is 130 Å². The van der Waals surface area contributed by atoms with Gasteiger partial charge in [-0.15, -0.1) is 0 Å². The first-order valence-corrected chi connectivity index (χ1v) is 7.16. The number of hydrogen-bond donors (Lipinski definition) is 1. The van der Waals surface area contributed by atoms with Crippen molar-refractivity contribution in [3.8, 4) is 0 Å². The Kier molecular flexibility index (Phi) is 4.78. The molecule has 0 fully saturated rings. The summed E-state index contributed by atoms with van der Waals surface area (Å²) in [5.74, 6) is -0.781. The molecule has 0 spiro atoms. The number of amides is 1. The highest BCUT2D eigenvalue weighted by atomic mass is 79.9. The number of carbonyl (C=O) groups excluding carboxylic acids is 1. The number of benzene rings is 2. The van der Waals surface area contributed by atoms with E-state index >= 15 is 0 Å². The summed E-state index contributed by atoms with van der Waals surface area (Å²) in [6.45, 7) is 1.86. The van der Waals surface area contributed by atoms with Crippen LogP contribution in [0, 0.1) is 5.82 Å². The van der Waals surface area contributed by atoms with Gasteiger partial charge in [-0.1, -0.05) is 23.7 Å². The number of nitrogens with one attached hydrogen (secondary N) is 1. The highest BCUT2D eigenvalue weighted by Gasteiger charge is 2.14. The molecule has 1 unspecified atom stereocenters. The summed E-state index contributed by atoms with van der Waals surface area (Å²) in [5.41, 5.74) is 1.20. The molecule has 1 N–H and O–H groups in total. The first-order valence-electron chi connectivity index (χ1n) is 5.99. The van der Waals surface area contributed by atoms with Crippen molar-refractivity contribution in [1.82, 2.24) is 5.32 Å². The molecule has 2 aromatic carbocycles. The number of carbonyl (C=O) groups is 1. The third-order valence-electron chi connectivity index (χ3n) is 2.89. The first-order chi connectivity index (χ1) is 9.47. The van der Waals surface area contributed by atoms with Crippen LogP contribution in [0.25, 0.3) is 0 Å². The van der Waals surface area contributed by atoms with Crippen molar-refractivity contribution in [3.05, 3.63) is 68.9 Å². The Morgan fingerprint density at radius 2 is 1.90 bits per heavy atom. The molecule has 2 rings (SSSR count). The molecular weight excluding hydrogens is 345 g/mol. The van der Waals surface area contributed by atoms with Crippen LogP contribution in [-0.2, 0) is 0 Å². The maximum absolute atomic E-state index is 13.2. The minimum atomic E-state index is -0.447. The fourth-order valence-electron chi connectivity index (χ4n) is 1.78. The van der Waals surface area contributed by atoms with Crippen LogP contribution in [0.4, 0.5) is 4.39 Å². The molecule has 0 aromatic heterocycles. The molecule has 20 heavy (non-hydrogen) atoms. The van der Waals surface area contributed by atoms with Crippen LogP contribution in [0.1, 0.15) is 28.9 Å². The summed E-state index contributed by atoms with van der Waals surface area (Å²) in [4.78, 5) is 12.1. The molecule has 0 heterocycles. The lowest BCUT2D eigenvalue weighted by molar-refractivity contribution is 0.0938. The molecular formula is C15H12BrClFNO. The smallest absolute Gasteiger partial charge is 0.253 e. The summed E-state index contributed by atoms with van der Waals surface area (Å²) in [5, 5.41) is 3.46. The van der Waals surface area contributed by atoms with E-state index in [1.807, 2.05) is 19.1 Å². The van der Waals surface area contributed by atoms with Crippen LogP contribution in [0.5, 0.6) is 0 Å². The average Bonchev–Trinajstić information content (AvgIpc) is 2.42. The number of rotatable bonds is 3. The van der Waals surface area contributed by atoms with E-state index in [1.54, 1.807) is 12.1 Å². The fraction of sp³-hybridized carbons (Fsp3) is 0.133. The molecule has 0 aliphatic heterocycles. The van der Waals surface area contributed by atoms with Gasteiger partial charge >= 0.3 is 0 Å². The van der Waals surface area contributed by atoms with E-state index in [-0.39, 0.29) is 17.5 Å². The van der Waals surface area contributed by atoms with Gasteiger partial charge in [0.1, 0.15) is 5.82 Å². The van der Waals surface area contributed by atoms with Gasteiger partial charge in [0.15, 0.2) is 0 Å². The molecule has 1 amide bonds. The zero-order chi connectivity index (χ0) is 14.7. The van der Waals surface area contributed by atoms with Gasteiger partial charge in [-0.25, -0.2) is 4.39 Å². The second-order valence-corrected chi connectivity index (χ2v) is 5.66. The van der Waals surface area contributed by atoms with Gasteiger partial charge in [-0.05, 0) is 58.7 Å². The lowest BCUT2D eigenvalue weighted by Crippen LogP contribution is -2.27. The van der Waals surface area contributed by atoms with Gasteiger partial charge in [-0.3, -0.25) is 4.79 Å². The minimum absolute atomic E-state index is 0.199. The average molecular weight is 357 g/mol. The SMILES string of the molecule is CC(NC(=O)c1cc(F)ccc1Br)c1ccc(Cl)cc1. The van der Waals surface area contributed by atoms with Crippen LogP contribution >= 0.6 is 27.5 Å². The second-order valence-electron chi connectivity index (χ2n) is 4.37. The number of hydrogen-bond acceptors (Lipinski definition) is 1. The van der Waals surface area contributed by atoms with Crippen molar-refractivity contribution >= 4 is 33.4 Å². The van der Waals surface area contributed by atoms with Crippen molar-refractivity contribution in [2.24, 2.45) is 0 Å². The lowest BCUT2D eigenvalue weighted by Gasteiger charge is -2.15. The van der Waals surface area contributed by atoms with Gasteiger partial charge < -0.3 is 5.32 Å². The second kappa shape index (κ2) is 6.37. The van der Waals surface area contributed by atoms with Crippen molar-refractivity contribution in [1.29, 1.82) is 0 Å². The van der Waals surface area contributed by atoms with Gasteiger partial charge in [0.05, 0.1) is 11.6 Å². The van der Waals surface area contributed by atoms with E-state index in [2.05, 4.69) is 21.2 Å². The molecule has 0 saturated heterocycles. The Morgan fingerprint density at radius 1 is 1.25 bits per heavy atom. The highest BCUT2D eigenvalue weighted by Crippen LogP contribution is 2.20. The Hall–Kier alpha value is -1.39. The molecule has 2 nitrogen and oxygen atoms in total. The van der Waals surface area contributed by atoms with Crippen molar-refractivity contribution < 1.29 is 9.18 Å². The largest absolute Gasteiger partial charge is 0.345 e. The predicted molar refractivity (Wildman–Crippen MR) is 81.4 cm³/mol. The zero-order valence-corrected chi connectivity index (χ0v) is 13.0. The van der Waals surface area contributed by atoms with Crippen molar-refractivity contribution in [2.45, 2.75) is 13.0 Å². The Morgan fingerprint density at radius 3 is 2.55 bits per heavy atom.